The number of hydrogen-bond donors (Lipinski definition) is 2. The minimum atomic E-state index is -5.79. The summed E-state index contributed by atoms with van der Waals surface area (Å²) in [5, 5.41) is 2.63. The van der Waals surface area contributed by atoms with Gasteiger partial charge in [0.1, 0.15) is 0 Å². The standard InChI is InChI=1S/C17H20F6N2O2/c18-16(19,20)15(17(21,22)23,24-11-13-7-4-10-27-13)25-14(26)9-8-12-5-2-1-3-6-12/h1-3,5-6,13,24H,4,7-11H2,(H,25,26)/t13-/m1/s1. The lowest BCUT2D eigenvalue weighted by atomic mass is 10.1. The Morgan fingerprint density at radius 3 is 2.22 bits per heavy atom. The number of ether oxygens (including phenoxy) is 1. The Morgan fingerprint density at radius 1 is 1.07 bits per heavy atom. The highest BCUT2D eigenvalue weighted by Gasteiger charge is 2.72. The number of carbonyl (C=O) groups is 1. The average Bonchev–Trinajstić information content (AvgIpc) is 3.09. The van der Waals surface area contributed by atoms with Crippen LogP contribution in [-0.2, 0) is 16.0 Å². The second-order valence-electron chi connectivity index (χ2n) is 6.30. The zero-order chi connectivity index (χ0) is 20.1. The normalized spacial score (nSPS) is 18.5. The number of benzene rings is 1. The van der Waals surface area contributed by atoms with E-state index in [2.05, 4.69) is 0 Å². The molecule has 1 aliphatic heterocycles. The maximum atomic E-state index is 13.4. The van der Waals surface area contributed by atoms with Crippen LogP contribution in [0.3, 0.4) is 0 Å². The second-order valence-corrected chi connectivity index (χ2v) is 6.30. The summed E-state index contributed by atoms with van der Waals surface area (Å²) in [4.78, 5) is 11.9. The molecule has 27 heavy (non-hydrogen) atoms. The fraction of sp³-hybridized carbons (Fsp3) is 0.588. The Hall–Kier alpha value is -1.81. The van der Waals surface area contributed by atoms with Crippen LogP contribution in [0.2, 0.25) is 0 Å². The molecule has 4 nitrogen and oxygen atoms in total. The first-order valence-electron chi connectivity index (χ1n) is 8.40. The largest absolute Gasteiger partial charge is 0.434 e. The Bertz CT molecular complexity index is 598. The van der Waals surface area contributed by atoms with Crippen molar-refractivity contribution in [3.63, 3.8) is 0 Å². The number of hydrogen-bond acceptors (Lipinski definition) is 3. The van der Waals surface area contributed by atoms with Crippen LogP contribution in [0.4, 0.5) is 26.3 Å². The maximum absolute atomic E-state index is 13.4. The van der Waals surface area contributed by atoms with Gasteiger partial charge in [-0.1, -0.05) is 30.3 Å². The monoisotopic (exact) mass is 398 g/mol. The van der Waals surface area contributed by atoms with E-state index in [0.29, 0.717) is 18.4 Å². The number of rotatable bonds is 7. The molecule has 1 amide bonds. The fourth-order valence-electron chi connectivity index (χ4n) is 2.79. The van der Waals surface area contributed by atoms with E-state index in [1.807, 2.05) is 0 Å². The van der Waals surface area contributed by atoms with E-state index in [-0.39, 0.29) is 13.0 Å². The van der Waals surface area contributed by atoms with Gasteiger partial charge in [-0.3, -0.25) is 10.1 Å². The molecule has 1 saturated heterocycles. The average molecular weight is 398 g/mol. The summed E-state index contributed by atoms with van der Waals surface area (Å²) in [6, 6.07) is 8.28. The third-order valence-electron chi connectivity index (χ3n) is 4.28. The number of alkyl halides is 6. The van der Waals surface area contributed by atoms with Gasteiger partial charge in [-0.25, -0.2) is 0 Å². The lowest BCUT2D eigenvalue weighted by Crippen LogP contribution is -2.76. The van der Waals surface area contributed by atoms with Gasteiger partial charge in [0.2, 0.25) is 5.91 Å². The van der Waals surface area contributed by atoms with Gasteiger partial charge in [0.05, 0.1) is 6.10 Å². The Kier molecular flexibility index (Phi) is 6.74. The Balaban J connectivity index is 2.13. The zero-order valence-electron chi connectivity index (χ0n) is 14.3. The van der Waals surface area contributed by atoms with E-state index in [1.54, 1.807) is 30.3 Å². The van der Waals surface area contributed by atoms with Crippen molar-refractivity contribution < 1.29 is 35.9 Å². The molecule has 1 fully saturated rings. The highest BCUT2D eigenvalue weighted by molar-refractivity contribution is 5.77. The van der Waals surface area contributed by atoms with Crippen molar-refractivity contribution in [2.45, 2.75) is 49.8 Å². The molecule has 0 unspecified atom stereocenters. The molecule has 1 aromatic carbocycles. The van der Waals surface area contributed by atoms with Gasteiger partial charge in [0.15, 0.2) is 0 Å². The van der Waals surface area contributed by atoms with Gasteiger partial charge >= 0.3 is 12.4 Å². The van der Waals surface area contributed by atoms with Crippen molar-refractivity contribution in [3.05, 3.63) is 35.9 Å². The van der Waals surface area contributed by atoms with Gasteiger partial charge < -0.3 is 10.1 Å². The molecule has 1 aliphatic rings. The van der Waals surface area contributed by atoms with E-state index in [9.17, 15) is 31.1 Å². The van der Waals surface area contributed by atoms with Crippen molar-refractivity contribution >= 4 is 5.91 Å². The van der Waals surface area contributed by atoms with E-state index in [4.69, 9.17) is 4.74 Å². The number of aryl methyl sites for hydroxylation is 1. The highest BCUT2D eigenvalue weighted by Crippen LogP contribution is 2.41. The number of nitrogens with one attached hydrogen (secondary N) is 2. The van der Waals surface area contributed by atoms with Gasteiger partial charge in [-0.15, -0.1) is 0 Å². The van der Waals surface area contributed by atoms with Crippen molar-refractivity contribution in [1.29, 1.82) is 0 Å². The molecule has 0 aliphatic carbocycles. The predicted octanol–water partition coefficient (Wildman–Crippen LogP) is 3.32. The molecule has 0 saturated carbocycles. The quantitative estimate of drug-likeness (QED) is 0.547. The molecule has 0 spiro atoms. The van der Waals surface area contributed by atoms with E-state index < -0.39 is 43.0 Å². The fourth-order valence-corrected chi connectivity index (χ4v) is 2.79. The topological polar surface area (TPSA) is 50.4 Å². The summed E-state index contributed by atoms with van der Waals surface area (Å²) in [6.45, 7) is -0.404. The number of halogens is 6. The van der Waals surface area contributed by atoms with Crippen LogP contribution >= 0.6 is 0 Å². The van der Waals surface area contributed by atoms with Crippen molar-refractivity contribution in [3.8, 4) is 0 Å². The first kappa shape index (κ1) is 21.5. The Labute approximate surface area is 152 Å². The lowest BCUT2D eigenvalue weighted by Gasteiger charge is -2.39. The molecule has 2 N–H and O–H groups in total. The van der Waals surface area contributed by atoms with Crippen LogP contribution in [0, 0.1) is 0 Å². The number of carbonyl (C=O) groups excluding carboxylic acids is 1. The van der Waals surface area contributed by atoms with Crippen molar-refractivity contribution in [2.75, 3.05) is 13.2 Å². The molecule has 1 aromatic rings. The summed E-state index contributed by atoms with van der Waals surface area (Å²) in [5.41, 5.74) is -3.90. The molecule has 0 radical (unpaired) electrons. The molecule has 2 rings (SSSR count). The highest BCUT2D eigenvalue weighted by atomic mass is 19.4. The van der Waals surface area contributed by atoms with E-state index >= 15 is 0 Å². The van der Waals surface area contributed by atoms with Crippen LogP contribution in [-0.4, -0.2) is 43.2 Å². The molecule has 0 bridgehead atoms. The van der Waals surface area contributed by atoms with Gasteiger partial charge in [-0.2, -0.15) is 26.3 Å². The summed E-state index contributed by atoms with van der Waals surface area (Å²) >= 11 is 0. The molecular formula is C17H20F6N2O2. The summed E-state index contributed by atoms with van der Waals surface area (Å²) in [7, 11) is 0. The minimum absolute atomic E-state index is 0.0181. The minimum Gasteiger partial charge on any atom is -0.377 e. The van der Waals surface area contributed by atoms with Gasteiger partial charge in [0.25, 0.3) is 5.66 Å². The third-order valence-corrected chi connectivity index (χ3v) is 4.28. The van der Waals surface area contributed by atoms with Gasteiger partial charge in [-0.05, 0) is 24.8 Å². The van der Waals surface area contributed by atoms with E-state index in [0.717, 1.165) is 5.32 Å². The van der Waals surface area contributed by atoms with Crippen molar-refractivity contribution in [1.82, 2.24) is 10.6 Å². The lowest BCUT2D eigenvalue weighted by molar-refractivity contribution is -0.316. The molecule has 152 valence electrons. The first-order valence-corrected chi connectivity index (χ1v) is 8.40. The molecule has 0 aromatic heterocycles. The van der Waals surface area contributed by atoms with E-state index in [1.165, 1.54) is 5.32 Å². The maximum Gasteiger partial charge on any atom is 0.434 e. The summed E-state index contributed by atoms with van der Waals surface area (Å²) < 4.78 is 85.7. The second kappa shape index (κ2) is 8.47. The molecule has 1 heterocycles. The SMILES string of the molecule is O=C(CCc1ccccc1)NC(NC[C@H]1CCCO1)(C(F)(F)F)C(F)(F)F. The summed E-state index contributed by atoms with van der Waals surface area (Å²) in [5.74, 6) is -1.35. The molecule has 1 atom stereocenters. The van der Waals surface area contributed by atoms with Crippen molar-refractivity contribution in [2.24, 2.45) is 0 Å². The van der Waals surface area contributed by atoms with Gasteiger partial charge in [0, 0.05) is 19.6 Å². The van der Waals surface area contributed by atoms with Crippen LogP contribution in [0.25, 0.3) is 0 Å². The smallest absolute Gasteiger partial charge is 0.377 e. The molecule has 10 heteroatoms. The molecular weight excluding hydrogens is 378 g/mol. The van der Waals surface area contributed by atoms with Crippen LogP contribution < -0.4 is 10.6 Å². The predicted molar refractivity (Wildman–Crippen MR) is 84.7 cm³/mol. The first-order chi connectivity index (χ1) is 12.6. The third kappa shape index (κ3) is 5.35. The van der Waals surface area contributed by atoms with Crippen LogP contribution in [0.5, 0.6) is 0 Å². The zero-order valence-corrected chi connectivity index (χ0v) is 14.3. The van der Waals surface area contributed by atoms with Crippen LogP contribution in [0.1, 0.15) is 24.8 Å². The Morgan fingerprint density at radius 2 is 1.70 bits per heavy atom. The van der Waals surface area contributed by atoms with Crippen LogP contribution in [0.15, 0.2) is 30.3 Å². The number of amides is 1. The summed E-state index contributed by atoms with van der Waals surface area (Å²) in [6.07, 6.45) is -11.9.